The van der Waals surface area contributed by atoms with E-state index in [1.807, 2.05) is 0 Å². The van der Waals surface area contributed by atoms with Crippen molar-refractivity contribution in [1.82, 2.24) is 9.97 Å². The van der Waals surface area contributed by atoms with E-state index in [0.717, 1.165) is 28.9 Å². The Bertz CT molecular complexity index is 631. The second-order valence-corrected chi connectivity index (χ2v) is 5.84. The number of aldehydes is 1. The van der Waals surface area contributed by atoms with Gasteiger partial charge >= 0.3 is 0 Å². The minimum atomic E-state index is 0.205. The zero-order valence-electron chi connectivity index (χ0n) is 10.3. The van der Waals surface area contributed by atoms with E-state index in [9.17, 15) is 4.79 Å². The third-order valence-electron chi connectivity index (χ3n) is 3.10. The molecular formula is C12H12ClN3O2S. The molecule has 19 heavy (non-hydrogen) atoms. The van der Waals surface area contributed by atoms with Crippen molar-refractivity contribution in [2.24, 2.45) is 0 Å². The molecule has 1 aliphatic rings. The number of hydrogen-bond acceptors (Lipinski definition) is 6. The molecule has 2 aromatic heterocycles. The normalized spacial score (nSPS) is 19.9. The summed E-state index contributed by atoms with van der Waals surface area (Å²) in [6.07, 6.45) is 0.826. The predicted molar refractivity (Wildman–Crippen MR) is 75.4 cm³/mol. The zero-order valence-corrected chi connectivity index (χ0v) is 11.9. The molecule has 100 valence electrons. The molecule has 0 bridgehead atoms. The standard InChI is InChI=1S/C12H12ClN3O2S/c1-7-6-18-3-2-16(7)11-10-9(14-12(13)15-11)4-8(5-17)19-10/h4-5,7H,2-3,6H2,1H3/t7-/m0/s1. The third kappa shape index (κ3) is 2.31. The van der Waals surface area contributed by atoms with Gasteiger partial charge in [0.25, 0.3) is 0 Å². The van der Waals surface area contributed by atoms with Gasteiger partial charge in [-0.15, -0.1) is 11.3 Å². The fraction of sp³-hybridized carbons (Fsp3) is 0.417. The quantitative estimate of drug-likeness (QED) is 0.629. The van der Waals surface area contributed by atoms with Gasteiger partial charge in [0, 0.05) is 6.54 Å². The first-order valence-corrected chi connectivity index (χ1v) is 7.15. The summed E-state index contributed by atoms with van der Waals surface area (Å²) in [5.41, 5.74) is 0.723. The van der Waals surface area contributed by atoms with E-state index < -0.39 is 0 Å². The van der Waals surface area contributed by atoms with Gasteiger partial charge in [-0.3, -0.25) is 4.79 Å². The maximum absolute atomic E-state index is 10.9. The number of morpholine rings is 1. The Morgan fingerprint density at radius 3 is 3.16 bits per heavy atom. The van der Waals surface area contributed by atoms with Crippen LogP contribution in [-0.4, -0.2) is 42.1 Å². The molecule has 0 spiro atoms. The van der Waals surface area contributed by atoms with E-state index in [0.29, 0.717) is 18.1 Å². The summed E-state index contributed by atoms with van der Waals surface area (Å²) in [5.74, 6) is 0.795. The van der Waals surface area contributed by atoms with Crippen LogP contribution in [0.15, 0.2) is 6.07 Å². The second kappa shape index (κ2) is 5.03. The lowest BCUT2D eigenvalue weighted by Crippen LogP contribution is -2.44. The summed E-state index contributed by atoms with van der Waals surface area (Å²) < 4.78 is 6.33. The van der Waals surface area contributed by atoms with E-state index in [4.69, 9.17) is 16.3 Å². The van der Waals surface area contributed by atoms with Crippen molar-refractivity contribution in [2.75, 3.05) is 24.7 Å². The molecule has 0 amide bonds. The maximum atomic E-state index is 10.9. The number of carbonyl (C=O) groups excluding carboxylic acids is 1. The van der Waals surface area contributed by atoms with Crippen LogP contribution in [0.2, 0.25) is 5.28 Å². The molecule has 1 aliphatic heterocycles. The highest BCUT2D eigenvalue weighted by Gasteiger charge is 2.24. The topological polar surface area (TPSA) is 55.3 Å². The number of aromatic nitrogens is 2. The minimum Gasteiger partial charge on any atom is -0.377 e. The fourth-order valence-corrected chi connectivity index (χ4v) is 3.29. The summed E-state index contributed by atoms with van der Waals surface area (Å²) in [7, 11) is 0. The number of thiophene rings is 1. The van der Waals surface area contributed by atoms with Gasteiger partial charge in [-0.05, 0) is 24.6 Å². The third-order valence-corrected chi connectivity index (χ3v) is 4.32. The average molecular weight is 298 g/mol. The molecule has 5 nitrogen and oxygen atoms in total. The Kier molecular flexibility index (Phi) is 3.38. The predicted octanol–water partition coefficient (Wildman–Crippen LogP) is 2.38. The molecule has 3 rings (SSSR count). The van der Waals surface area contributed by atoms with Crippen LogP contribution in [0, 0.1) is 0 Å². The van der Waals surface area contributed by atoms with Crippen LogP contribution < -0.4 is 4.90 Å². The first-order chi connectivity index (χ1) is 9.19. The van der Waals surface area contributed by atoms with Crippen LogP contribution in [0.5, 0.6) is 0 Å². The molecule has 0 unspecified atom stereocenters. The van der Waals surface area contributed by atoms with Crippen molar-refractivity contribution in [2.45, 2.75) is 13.0 Å². The highest BCUT2D eigenvalue weighted by molar-refractivity contribution is 7.21. The Labute approximate surface area is 119 Å². The number of halogens is 1. The zero-order chi connectivity index (χ0) is 13.4. The first kappa shape index (κ1) is 12.8. The van der Waals surface area contributed by atoms with Gasteiger partial charge < -0.3 is 9.64 Å². The highest BCUT2D eigenvalue weighted by Crippen LogP contribution is 2.33. The summed E-state index contributed by atoms with van der Waals surface area (Å²) in [6, 6.07) is 1.97. The second-order valence-electron chi connectivity index (χ2n) is 4.41. The van der Waals surface area contributed by atoms with Gasteiger partial charge in [-0.1, -0.05) is 0 Å². The lowest BCUT2D eigenvalue weighted by atomic mass is 10.2. The van der Waals surface area contributed by atoms with E-state index in [2.05, 4.69) is 21.8 Å². The van der Waals surface area contributed by atoms with E-state index in [-0.39, 0.29) is 11.3 Å². The molecule has 0 saturated carbocycles. The molecule has 1 saturated heterocycles. The van der Waals surface area contributed by atoms with Crippen LogP contribution in [-0.2, 0) is 4.74 Å². The number of anilines is 1. The van der Waals surface area contributed by atoms with Crippen LogP contribution in [0.4, 0.5) is 5.82 Å². The molecule has 0 radical (unpaired) electrons. The molecule has 0 aromatic carbocycles. The number of ether oxygens (including phenoxy) is 1. The summed E-state index contributed by atoms with van der Waals surface area (Å²) in [5, 5.41) is 0.205. The van der Waals surface area contributed by atoms with Crippen molar-refractivity contribution in [3.63, 3.8) is 0 Å². The number of carbonyl (C=O) groups is 1. The SMILES string of the molecule is C[C@H]1COCCN1c1nc(Cl)nc2cc(C=O)sc12. The Balaban J connectivity index is 2.15. The molecular weight excluding hydrogens is 286 g/mol. The molecule has 2 aromatic rings. The summed E-state index contributed by atoms with van der Waals surface area (Å²) >= 11 is 7.37. The van der Waals surface area contributed by atoms with Crippen molar-refractivity contribution in [3.8, 4) is 0 Å². The molecule has 3 heterocycles. The number of hydrogen-bond donors (Lipinski definition) is 0. The van der Waals surface area contributed by atoms with Gasteiger partial charge in [-0.25, -0.2) is 4.98 Å². The van der Waals surface area contributed by atoms with Crippen molar-refractivity contribution < 1.29 is 9.53 Å². The smallest absolute Gasteiger partial charge is 0.224 e. The van der Waals surface area contributed by atoms with Crippen molar-refractivity contribution in [1.29, 1.82) is 0 Å². The molecule has 7 heteroatoms. The summed E-state index contributed by atoms with van der Waals surface area (Å²) in [4.78, 5) is 22.2. The van der Waals surface area contributed by atoms with E-state index in [1.165, 1.54) is 11.3 Å². The van der Waals surface area contributed by atoms with Gasteiger partial charge in [0.05, 0.1) is 34.3 Å². The Hall–Kier alpha value is -1.24. The van der Waals surface area contributed by atoms with Gasteiger partial charge in [0.15, 0.2) is 12.1 Å². The van der Waals surface area contributed by atoms with E-state index in [1.54, 1.807) is 6.07 Å². The number of nitrogens with zero attached hydrogens (tertiary/aromatic N) is 3. The van der Waals surface area contributed by atoms with Gasteiger partial charge in [0.1, 0.15) is 0 Å². The largest absolute Gasteiger partial charge is 0.377 e. The lowest BCUT2D eigenvalue weighted by molar-refractivity contribution is 0.0987. The van der Waals surface area contributed by atoms with Crippen LogP contribution >= 0.6 is 22.9 Å². The Morgan fingerprint density at radius 2 is 2.42 bits per heavy atom. The lowest BCUT2D eigenvalue weighted by Gasteiger charge is -2.34. The number of fused-ring (bicyclic) bond motifs is 1. The monoisotopic (exact) mass is 297 g/mol. The fourth-order valence-electron chi connectivity index (χ4n) is 2.20. The van der Waals surface area contributed by atoms with E-state index >= 15 is 0 Å². The molecule has 1 atom stereocenters. The maximum Gasteiger partial charge on any atom is 0.224 e. The van der Waals surface area contributed by atoms with Crippen LogP contribution in [0.25, 0.3) is 10.2 Å². The highest BCUT2D eigenvalue weighted by atomic mass is 35.5. The van der Waals surface area contributed by atoms with Crippen LogP contribution in [0.3, 0.4) is 0 Å². The summed E-state index contributed by atoms with van der Waals surface area (Å²) in [6.45, 7) is 4.17. The van der Waals surface area contributed by atoms with Crippen molar-refractivity contribution in [3.05, 3.63) is 16.2 Å². The average Bonchev–Trinajstić information content (AvgIpc) is 2.81. The van der Waals surface area contributed by atoms with Crippen LogP contribution in [0.1, 0.15) is 16.6 Å². The number of rotatable bonds is 2. The minimum absolute atomic E-state index is 0.205. The molecule has 1 fully saturated rings. The van der Waals surface area contributed by atoms with Gasteiger partial charge in [0.2, 0.25) is 5.28 Å². The van der Waals surface area contributed by atoms with Crippen molar-refractivity contribution >= 4 is 45.3 Å². The first-order valence-electron chi connectivity index (χ1n) is 5.95. The molecule has 0 N–H and O–H groups in total. The van der Waals surface area contributed by atoms with Gasteiger partial charge in [-0.2, -0.15) is 4.98 Å². The Morgan fingerprint density at radius 1 is 1.58 bits per heavy atom. The molecule has 0 aliphatic carbocycles.